The lowest BCUT2D eigenvalue weighted by molar-refractivity contribution is 0.198. The van der Waals surface area contributed by atoms with Crippen LogP contribution in [0.5, 0.6) is 0 Å². The van der Waals surface area contributed by atoms with Gasteiger partial charge in [0.25, 0.3) is 0 Å². The largest absolute Gasteiger partial charge is 0.335 e. The lowest BCUT2D eigenvalue weighted by atomic mass is 10.2. The van der Waals surface area contributed by atoms with Crippen LogP contribution < -0.4 is 0 Å². The minimum absolute atomic E-state index is 0.200. The Hall–Kier alpha value is -0.480. The molecule has 186 valence electrons. The van der Waals surface area contributed by atoms with Crippen molar-refractivity contribution >= 4 is 15.2 Å². The highest BCUT2D eigenvalue weighted by Crippen LogP contribution is 2.53. The fraction of sp³-hybridized carbons (Fsp3) is 0.750. The Labute approximate surface area is 195 Å². The first-order valence-corrected chi connectivity index (χ1v) is 15.7. The fourth-order valence-electron chi connectivity index (χ4n) is 2.92. The monoisotopic (exact) mass is 490 g/mol. The van der Waals surface area contributed by atoms with E-state index in [9.17, 15) is 9.13 Å². The molecule has 6 nitrogen and oxygen atoms in total. The number of unbranched alkanes of at least 4 members (excludes halogenated alkanes) is 4. The highest BCUT2D eigenvalue weighted by molar-refractivity contribution is 7.53. The summed E-state index contributed by atoms with van der Waals surface area (Å²) in [5.41, 5.74) is 1.68. The minimum Gasteiger partial charge on any atom is -0.308 e. The van der Waals surface area contributed by atoms with Crippen molar-refractivity contribution in [3.8, 4) is 0 Å². The normalized spacial score (nSPS) is 12.4. The van der Waals surface area contributed by atoms with Gasteiger partial charge in [0.2, 0.25) is 0 Å². The summed E-state index contributed by atoms with van der Waals surface area (Å²) in [6, 6.07) is 7.61. The Morgan fingerprint density at radius 3 is 1.19 bits per heavy atom. The van der Waals surface area contributed by atoms with Crippen molar-refractivity contribution in [1.29, 1.82) is 0 Å². The van der Waals surface area contributed by atoms with E-state index in [-0.39, 0.29) is 12.3 Å². The smallest absolute Gasteiger partial charge is 0.308 e. The molecule has 0 amide bonds. The molecule has 0 aliphatic carbocycles. The predicted molar refractivity (Wildman–Crippen MR) is 133 cm³/mol. The van der Waals surface area contributed by atoms with Crippen LogP contribution in [0.3, 0.4) is 0 Å². The Kier molecular flexibility index (Phi) is 15.7. The number of hydrogen-bond acceptors (Lipinski definition) is 6. The molecule has 0 N–H and O–H groups in total. The molecule has 0 heterocycles. The summed E-state index contributed by atoms with van der Waals surface area (Å²) >= 11 is 0. The SMILES string of the molecule is CCCCOP(=O)(Cc1cccc(CP(=O)(OCCCC)OCCCC)c1)OCCCC. The van der Waals surface area contributed by atoms with E-state index in [4.69, 9.17) is 18.1 Å². The maximum atomic E-state index is 13.3. The van der Waals surface area contributed by atoms with Gasteiger partial charge in [-0.3, -0.25) is 9.13 Å². The topological polar surface area (TPSA) is 71.1 Å². The van der Waals surface area contributed by atoms with Gasteiger partial charge in [-0.05, 0) is 36.8 Å². The lowest BCUT2D eigenvalue weighted by Gasteiger charge is -2.20. The molecule has 32 heavy (non-hydrogen) atoms. The summed E-state index contributed by atoms with van der Waals surface area (Å²) in [6.45, 7) is 9.96. The molecular formula is C24H44O6P2. The van der Waals surface area contributed by atoms with E-state index < -0.39 is 15.2 Å². The molecule has 1 aromatic rings. The first-order valence-electron chi connectivity index (χ1n) is 12.2. The van der Waals surface area contributed by atoms with Crippen molar-refractivity contribution in [3.63, 3.8) is 0 Å². The summed E-state index contributed by atoms with van der Waals surface area (Å²) in [6.07, 6.45) is 7.64. The van der Waals surface area contributed by atoms with Crippen LogP contribution in [0.4, 0.5) is 0 Å². The molecule has 0 aliphatic heterocycles. The van der Waals surface area contributed by atoms with Crippen molar-refractivity contribution in [2.75, 3.05) is 26.4 Å². The van der Waals surface area contributed by atoms with E-state index >= 15 is 0 Å². The van der Waals surface area contributed by atoms with Crippen LogP contribution in [0.1, 0.15) is 90.2 Å². The lowest BCUT2D eigenvalue weighted by Crippen LogP contribution is -2.04. The molecule has 1 aromatic carbocycles. The van der Waals surface area contributed by atoms with Gasteiger partial charge in [0.05, 0.1) is 38.8 Å². The van der Waals surface area contributed by atoms with Crippen LogP contribution >= 0.6 is 15.2 Å². The van der Waals surface area contributed by atoms with E-state index in [2.05, 4.69) is 27.7 Å². The fourth-order valence-corrected chi connectivity index (χ4v) is 6.35. The van der Waals surface area contributed by atoms with Crippen molar-refractivity contribution in [1.82, 2.24) is 0 Å². The zero-order valence-electron chi connectivity index (χ0n) is 20.6. The number of benzene rings is 1. The summed E-state index contributed by atoms with van der Waals surface area (Å²) < 4.78 is 49.5. The van der Waals surface area contributed by atoms with Crippen molar-refractivity contribution < 1.29 is 27.2 Å². The van der Waals surface area contributed by atoms with Crippen LogP contribution in [0.2, 0.25) is 0 Å². The van der Waals surface area contributed by atoms with Crippen LogP contribution in [-0.4, -0.2) is 26.4 Å². The van der Waals surface area contributed by atoms with Gasteiger partial charge < -0.3 is 18.1 Å². The van der Waals surface area contributed by atoms with Crippen LogP contribution in [0.15, 0.2) is 24.3 Å². The maximum absolute atomic E-state index is 13.3. The highest BCUT2D eigenvalue weighted by atomic mass is 31.2. The molecule has 8 heteroatoms. The third-order valence-corrected chi connectivity index (χ3v) is 8.70. The standard InChI is InChI=1S/C24H44O6P2/c1-5-9-16-27-31(25,28-17-10-6-2)21-23-14-13-15-24(20-23)22-32(26,29-18-11-7-3)30-19-12-8-4/h13-15,20H,5-12,16-19,21-22H2,1-4H3. The van der Waals surface area contributed by atoms with Gasteiger partial charge in [-0.2, -0.15) is 0 Å². The molecule has 0 aromatic heterocycles. The molecule has 1 rings (SSSR count). The molecule has 0 unspecified atom stereocenters. The zero-order chi connectivity index (χ0) is 23.7. The minimum atomic E-state index is -3.25. The first-order chi connectivity index (χ1) is 15.4. The molecule has 0 saturated heterocycles. The van der Waals surface area contributed by atoms with Gasteiger partial charge in [-0.15, -0.1) is 0 Å². The van der Waals surface area contributed by atoms with Crippen molar-refractivity contribution in [3.05, 3.63) is 35.4 Å². The van der Waals surface area contributed by atoms with Crippen LogP contribution in [-0.2, 0) is 39.5 Å². The average molecular weight is 491 g/mol. The van der Waals surface area contributed by atoms with Gasteiger partial charge in [0, 0.05) is 0 Å². The van der Waals surface area contributed by atoms with Crippen molar-refractivity contribution in [2.24, 2.45) is 0 Å². The van der Waals surface area contributed by atoms with Crippen molar-refractivity contribution in [2.45, 2.75) is 91.4 Å². The van der Waals surface area contributed by atoms with Gasteiger partial charge in [0.15, 0.2) is 0 Å². The predicted octanol–water partition coefficient (Wildman–Crippen LogP) is 8.34. The molecule has 0 atom stereocenters. The third kappa shape index (κ3) is 12.7. The maximum Gasteiger partial charge on any atom is 0.335 e. The van der Waals surface area contributed by atoms with E-state index in [0.29, 0.717) is 26.4 Å². The van der Waals surface area contributed by atoms with E-state index in [1.807, 2.05) is 24.3 Å². The van der Waals surface area contributed by atoms with E-state index in [1.54, 1.807) is 0 Å². The van der Waals surface area contributed by atoms with Gasteiger partial charge in [-0.1, -0.05) is 77.6 Å². The Balaban J connectivity index is 2.91. The van der Waals surface area contributed by atoms with E-state index in [1.165, 1.54) is 0 Å². The molecule has 0 bridgehead atoms. The van der Waals surface area contributed by atoms with E-state index in [0.717, 1.165) is 62.5 Å². The second-order valence-electron chi connectivity index (χ2n) is 8.11. The molecule has 0 saturated carbocycles. The Morgan fingerprint density at radius 2 is 0.906 bits per heavy atom. The van der Waals surface area contributed by atoms with Crippen LogP contribution in [0.25, 0.3) is 0 Å². The quantitative estimate of drug-likeness (QED) is 0.135. The van der Waals surface area contributed by atoms with Crippen LogP contribution in [0, 0.1) is 0 Å². The van der Waals surface area contributed by atoms with Gasteiger partial charge in [0.1, 0.15) is 0 Å². The van der Waals surface area contributed by atoms with Gasteiger partial charge >= 0.3 is 15.2 Å². The van der Waals surface area contributed by atoms with Gasteiger partial charge in [-0.25, -0.2) is 0 Å². The molecular weight excluding hydrogens is 446 g/mol. The third-order valence-electron chi connectivity index (χ3n) is 4.89. The zero-order valence-corrected chi connectivity index (χ0v) is 22.3. The summed E-state index contributed by atoms with van der Waals surface area (Å²) in [7, 11) is -6.49. The second-order valence-corrected chi connectivity index (χ2v) is 12.2. The Morgan fingerprint density at radius 1 is 0.594 bits per heavy atom. The Bertz CT molecular complexity index is 626. The summed E-state index contributed by atoms with van der Waals surface area (Å²) in [5, 5.41) is 0. The highest BCUT2D eigenvalue weighted by Gasteiger charge is 2.27. The number of hydrogen-bond donors (Lipinski definition) is 0. The molecule has 0 radical (unpaired) electrons. The second kappa shape index (κ2) is 17.0. The molecule has 0 spiro atoms. The first kappa shape index (κ1) is 29.6. The molecule has 0 fully saturated rings. The summed E-state index contributed by atoms with van der Waals surface area (Å²) in [5.74, 6) is 0. The summed E-state index contributed by atoms with van der Waals surface area (Å²) in [4.78, 5) is 0. The molecule has 0 aliphatic rings. The number of rotatable bonds is 20. The average Bonchev–Trinajstić information content (AvgIpc) is 2.75.